The van der Waals surface area contributed by atoms with Crippen LogP contribution in [0.2, 0.25) is 0 Å². The second-order valence-corrected chi connectivity index (χ2v) is 4.43. The van der Waals surface area contributed by atoms with Gasteiger partial charge in [-0.05, 0) is 19.8 Å². The zero-order valence-electron chi connectivity index (χ0n) is 12.5. The maximum atomic E-state index is 11.3. The van der Waals surface area contributed by atoms with Crippen LogP contribution < -0.4 is 0 Å². The third kappa shape index (κ3) is 8.29. The van der Waals surface area contributed by atoms with Crippen LogP contribution in [0, 0.1) is 0 Å². The molecule has 0 saturated heterocycles. The molecule has 0 bridgehead atoms. The van der Waals surface area contributed by atoms with E-state index in [2.05, 4.69) is 4.74 Å². The van der Waals surface area contributed by atoms with Crippen LogP contribution in [-0.2, 0) is 9.47 Å². The molecule has 0 spiro atoms. The van der Waals surface area contributed by atoms with Crippen molar-refractivity contribution in [3.05, 3.63) is 0 Å². The second-order valence-electron chi connectivity index (χ2n) is 4.43. The number of nitrogens with zero attached hydrogens (tertiary/aromatic N) is 2. The Balaban J connectivity index is 3.50. The standard InChI is InChI=1S/C13H26N2O4/c1-5-19-13(17)15(3)11-9-7-6-8-10-14(2)12(16)18-4/h5-11H2,1-4H3. The summed E-state index contributed by atoms with van der Waals surface area (Å²) < 4.78 is 9.48. The number of carbonyl (C=O) groups excluding carboxylic acids is 2. The second kappa shape index (κ2) is 10.5. The third-order valence-electron chi connectivity index (χ3n) is 2.80. The van der Waals surface area contributed by atoms with Gasteiger partial charge in [0, 0.05) is 27.2 Å². The smallest absolute Gasteiger partial charge is 0.409 e. The van der Waals surface area contributed by atoms with Gasteiger partial charge in [-0.2, -0.15) is 0 Å². The molecule has 0 N–H and O–H groups in total. The summed E-state index contributed by atoms with van der Waals surface area (Å²) in [6, 6.07) is 0. The van der Waals surface area contributed by atoms with E-state index in [9.17, 15) is 9.59 Å². The third-order valence-corrected chi connectivity index (χ3v) is 2.80. The van der Waals surface area contributed by atoms with Gasteiger partial charge in [0.15, 0.2) is 0 Å². The monoisotopic (exact) mass is 274 g/mol. The van der Waals surface area contributed by atoms with E-state index in [0.29, 0.717) is 19.7 Å². The number of hydrogen-bond acceptors (Lipinski definition) is 4. The fraction of sp³-hybridized carbons (Fsp3) is 0.846. The lowest BCUT2D eigenvalue weighted by Gasteiger charge is -2.17. The van der Waals surface area contributed by atoms with Crippen LogP contribution in [0.25, 0.3) is 0 Å². The van der Waals surface area contributed by atoms with Gasteiger partial charge in [0.05, 0.1) is 13.7 Å². The number of carbonyl (C=O) groups is 2. The van der Waals surface area contributed by atoms with Crippen molar-refractivity contribution in [2.24, 2.45) is 0 Å². The molecule has 0 aliphatic carbocycles. The lowest BCUT2D eigenvalue weighted by Crippen LogP contribution is -2.28. The number of methoxy groups -OCH3 is 1. The van der Waals surface area contributed by atoms with Crippen molar-refractivity contribution >= 4 is 12.2 Å². The molecule has 0 rings (SSSR count). The lowest BCUT2D eigenvalue weighted by atomic mass is 10.2. The van der Waals surface area contributed by atoms with E-state index in [4.69, 9.17) is 4.74 Å². The van der Waals surface area contributed by atoms with E-state index in [0.717, 1.165) is 25.7 Å². The molecule has 0 atom stereocenters. The molecule has 19 heavy (non-hydrogen) atoms. The van der Waals surface area contributed by atoms with E-state index in [1.807, 2.05) is 0 Å². The molecule has 0 aliphatic heterocycles. The number of amides is 2. The highest BCUT2D eigenvalue weighted by atomic mass is 16.6. The molecule has 0 heterocycles. The van der Waals surface area contributed by atoms with Crippen LogP contribution in [0.3, 0.4) is 0 Å². The maximum absolute atomic E-state index is 11.3. The normalized spacial score (nSPS) is 9.89. The predicted molar refractivity (Wildman–Crippen MR) is 73.2 cm³/mol. The lowest BCUT2D eigenvalue weighted by molar-refractivity contribution is 0.115. The molecule has 0 unspecified atom stereocenters. The summed E-state index contributed by atoms with van der Waals surface area (Å²) in [5, 5.41) is 0. The summed E-state index contributed by atoms with van der Waals surface area (Å²) in [5.41, 5.74) is 0. The Labute approximate surface area is 115 Å². The van der Waals surface area contributed by atoms with Crippen molar-refractivity contribution < 1.29 is 19.1 Å². The number of unbranched alkanes of at least 4 members (excludes halogenated alkanes) is 3. The van der Waals surface area contributed by atoms with Crippen LogP contribution in [0.1, 0.15) is 32.6 Å². The van der Waals surface area contributed by atoms with Gasteiger partial charge < -0.3 is 19.3 Å². The molecule has 0 fully saturated rings. The summed E-state index contributed by atoms with van der Waals surface area (Å²) in [6.45, 7) is 3.60. The maximum Gasteiger partial charge on any atom is 0.409 e. The zero-order chi connectivity index (χ0) is 14.7. The fourth-order valence-electron chi connectivity index (χ4n) is 1.62. The Kier molecular flexibility index (Phi) is 9.66. The van der Waals surface area contributed by atoms with E-state index < -0.39 is 0 Å². The topological polar surface area (TPSA) is 59.1 Å². The molecule has 6 heteroatoms. The van der Waals surface area contributed by atoms with Crippen LogP contribution in [0.15, 0.2) is 0 Å². The Morgan fingerprint density at radius 2 is 1.37 bits per heavy atom. The van der Waals surface area contributed by atoms with Crippen molar-refractivity contribution in [1.29, 1.82) is 0 Å². The SMILES string of the molecule is CCOC(=O)N(C)CCCCCCN(C)C(=O)OC. The van der Waals surface area contributed by atoms with Gasteiger partial charge >= 0.3 is 12.2 Å². The van der Waals surface area contributed by atoms with Crippen molar-refractivity contribution in [3.63, 3.8) is 0 Å². The summed E-state index contributed by atoms with van der Waals surface area (Å²) in [4.78, 5) is 25.6. The first-order chi connectivity index (χ1) is 9.02. The van der Waals surface area contributed by atoms with E-state index in [1.54, 1.807) is 30.8 Å². The first-order valence-electron chi connectivity index (χ1n) is 6.69. The van der Waals surface area contributed by atoms with Crippen molar-refractivity contribution in [2.45, 2.75) is 32.6 Å². The van der Waals surface area contributed by atoms with Crippen molar-refractivity contribution in [3.8, 4) is 0 Å². The fourth-order valence-corrected chi connectivity index (χ4v) is 1.62. The molecule has 6 nitrogen and oxygen atoms in total. The van der Waals surface area contributed by atoms with E-state index >= 15 is 0 Å². The highest BCUT2D eigenvalue weighted by Crippen LogP contribution is 2.03. The summed E-state index contributed by atoms with van der Waals surface area (Å²) >= 11 is 0. The first-order valence-corrected chi connectivity index (χ1v) is 6.69. The van der Waals surface area contributed by atoms with Gasteiger partial charge in [-0.3, -0.25) is 0 Å². The quantitative estimate of drug-likeness (QED) is 0.637. The molecule has 112 valence electrons. The van der Waals surface area contributed by atoms with Crippen LogP contribution >= 0.6 is 0 Å². The Morgan fingerprint density at radius 1 is 0.895 bits per heavy atom. The van der Waals surface area contributed by atoms with Crippen LogP contribution in [0.4, 0.5) is 9.59 Å². The Bertz CT molecular complexity index is 271. The molecule has 0 radical (unpaired) electrons. The minimum atomic E-state index is -0.304. The largest absolute Gasteiger partial charge is 0.453 e. The minimum Gasteiger partial charge on any atom is -0.453 e. The van der Waals surface area contributed by atoms with Gasteiger partial charge in [-0.25, -0.2) is 9.59 Å². The first kappa shape index (κ1) is 17.5. The Morgan fingerprint density at radius 3 is 1.79 bits per heavy atom. The molecule has 2 amide bonds. The highest BCUT2D eigenvalue weighted by Gasteiger charge is 2.08. The Hall–Kier alpha value is -1.46. The van der Waals surface area contributed by atoms with Crippen LogP contribution in [0.5, 0.6) is 0 Å². The average molecular weight is 274 g/mol. The summed E-state index contributed by atoms with van der Waals surface area (Å²) in [7, 11) is 4.84. The van der Waals surface area contributed by atoms with E-state index in [1.165, 1.54) is 7.11 Å². The summed E-state index contributed by atoms with van der Waals surface area (Å²) in [5.74, 6) is 0. The minimum absolute atomic E-state index is 0.270. The number of ether oxygens (including phenoxy) is 2. The van der Waals surface area contributed by atoms with Gasteiger partial charge in [0.2, 0.25) is 0 Å². The van der Waals surface area contributed by atoms with Gasteiger partial charge in [-0.15, -0.1) is 0 Å². The van der Waals surface area contributed by atoms with Crippen molar-refractivity contribution in [1.82, 2.24) is 9.80 Å². The molecule has 0 aromatic rings. The highest BCUT2D eigenvalue weighted by molar-refractivity contribution is 5.67. The summed E-state index contributed by atoms with van der Waals surface area (Å²) in [6.07, 6.45) is 3.36. The number of hydrogen-bond donors (Lipinski definition) is 0. The van der Waals surface area contributed by atoms with Gasteiger partial charge in [-0.1, -0.05) is 12.8 Å². The van der Waals surface area contributed by atoms with Gasteiger partial charge in [0.25, 0.3) is 0 Å². The van der Waals surface area contributed by atoms with Crippen molar-refractivity contribution in [2.75, 3.05) is 40.9 Å². The predicted octanol–water partition coefficient (Wildman–Crippen LogP) is 2.33. The molecule has 0 aliphatic rings. The number of rotatable bonds is 8. The molecule has 0 saturated carbocycles. The average Bonchev–Trinajstić information content (AvgIpc) is 2.41. The zero-order valence-corrected chi connectivity index (χ0v) is 12.5. The molecular formula is C13H26N2O4. The van der Waals surface area contributed by atoms with Crippen LogP contribution in [-0.4, -0.2) is 62.9 Å². The molecule has 0 aromatic heterocycles. The molecular weight excluding hydrogens is 248 g/mol. The van der Waals surface area contributed by atoms with E-state index in [-0.39, 0.29) is 12.2 Å². The molecule has 0 aromatic carbocycles. The van der Waals surface area contributed by atoms with Gasteiger partial charge in [0.1, 0.15) is 0 Å².